The average Bonchev–Trinajstić information content (AvgIpc) is 3.39. The standard InChI is InChI=1S/C28H28ClF3N6O5S/c29-19-7-4-6-18(15-19)25(42-16-39)26(41)36-27-38-37-24(44-27)10-2-1-8-20(33)11-12-22(34)35-23(40)14-17-5-3-9-21(13-17)43-28(30,31)32/h3-7,9,11-13,15-16,25H,1-2,8,10,14,33-34H2,(H,35,40)(H,36,38,41)/b20-11-,22-12+. The van der Waals surface area contributed by atoms with Crippen molar-refractivity contribution in [2.75, 3.05) is 5.32 Å². The second-order valence-corrected chi connectivity index (χ2v) is 10.6. The van der Waals surface area contributed by atoms with Crippen LogP contribution in [0.2, 0.25) is 5.02 Å². The van der Waals surface area contributed by atoms with Crippen LogP contribution < -0.4 is 26.8 Å². The van der Waals surface area contributed by atoms with Crippen LogP contribution in [0.15, 0.2) is 72.2 Å². The molecule has 44 heavy (non-hydrogen) atoms. The number of benzene rings is 2. The molecular weight excluding hydrogens is 625 g/mol. The van der Waals surface area contributed by atoms with Crippen LogP contribution in [0.1, 0.15) is 41.5 Å². The number of unbranched alkanes of at least 4 members (excludes halogenated alkanes) is 1. The van der Waals surface area contributed by atoms with Crippen molar-refractivity contribution in [3.8, 4) is 5.75 Å². The number of aromatic nitrogens is 2. The summed E-state index contributed by atoms with van der Waals surface area (Å²) in [7, 11) is 0. The van der Waals surface area contributed by atoms with Crippen LogP contribution in [0.4, 0.5) is 18.3 Å². The first-order valence-electron chi connectivity index (χ1n) is 13.0. The first-order valence-corrected chi connectivity index (χ1v) is 14.2. The number of rotatable bonds is 15. The molecule has 3 rings (SSSR count). The van der Waals surface area contributed by atoms with Crippen molar-refractivity contribution in [1.29, 1.82) is 0 Å². The van der Waals surface area contributed by atoms with Gasteiger partial charge in [0.2, 0.25) is 17.1 Å². The van der Waals surface area contributed by atoms with E-state index in [1.165, 1.54) is 35.6 Å². The maximum Gasteiger partial charge on any atom is 0.573 e. The number of alkyl halides is 3. The van der Waals surface area contributed by atoms with Crippen molar-refractivity contribution in [3.05, 3.63) is 93.4 Å². The Labute approximate surface area is 259 Å². The van der Waals surface area contributed by atoms with Crippen LogP contribution in [0.3, 0.4) is 0 Å². The molecule has 234 valence electrons. The Morgan fingerprint density at radius 1 is 1.07 bits per heavy atom. The molecule has 2 amide bonds. The Hall–Kier alpha value is -4.63. The summed E-state index contributed by atoms with van der Waals surface area (Å²) in [5.74, 6) is -1.54. The molecule has 0 saturated heterocycles. The fraction of sp³-hybridized carbons (Fsp3) is 0.250. The lowest BCUT2D eigenvalue weighted by Crippen LogP contribution is -2.28. The molecule has 3 aromatic rings. The summed E-state index contributed by atoms with van der Waals surface area (Å²) >= 11 is 7.15. The van der Waals surface area contributed by atoms with Gasteiger partial charge in [-0.05, 0) is 61.2 Å². The number of halogens is 4. The van der Waals surface area contributed by atoms with Gasteiger partial charge in [-0.1, -0.05) is 47.2 Å². The quantitative estimate of drug-likeness (QED) is 0.104. The van der Waals surface area contributed by atoms with E-state index in [0.717, 1.165) is 12.1 Å². The van der Waals surface area contributed by atoms with Crippen molar-refractivity contribution in [3.63, 3.8) is 0 Å². The summed E-state index contributed by atoms with van der Waals surface area (Å²) in [6.07, 6.45) is -0.779. The number of nitrogens with one attached hydrogen (secondary N) is 2. The minimum absolute atomic E-state index is 0.0141. The van der Waals surface area contributed by atoms with Crippen LogP contribution in [0.5, 0.6) is 5.75 Å². The third kappa shape index (κ3) is 11.9. The number of carbonyl (C=O) groups is 3. The molecule has 0 radical (unpaired) electrons. The number of aryl methyl sites for hydroxylation is 1. The van der Waals surface area contributed by atoms with E-state index in [1.54, 1.807) is 24.3 Å². The molecule has 11 nitrogen and oxygen atoms in total. The topological polar surface area (TPSA) is 172 Å². The maximum absolute atomic E-state index is 12.7. The van der Waals surface area contributed by atoms with Crippen molar-refractivity contribution in [2.24, 2.45) is 11.5 Å². The van der Waals surface area contributed by atoms with Gasteiger partial charge < -0.3 is 26.3 Å². The molecule has 6 N–H and O–H groups in total. The Balaban J connectivity index is 1.41. The SMILES string of the molecule is N/C(=C\C=C(/N)NC(=O)Cc1cccc(OC(F)(F)F)c1)CCCCc1nnc(NC(=O)C(OC=O)c2cccc(Cl)c2)s1. The third-order valence-electron chi connectivity index (χ3n) is 5.64. The van der Waals surface area contributed by atoms with Gasteiger partial charge >= 0.3 is 6.36 Å². The summed E-state index contributed by atoms with van der Waals surface area (Å²) in [6, 6.07) is 11.5. The van der Waals surface area contributed by atoms with Crippen molar-refractivity contribution in [1.82, 2.24) is 15.5 Å². The van der Waals surface area contributed by atoms with Gasteiger partial charge in [-0.25, -0.2) is 0 Å². The average molecular weight is 653 g/mol. The Kier molecular flexibility index (Phi) is 12.5. The maximum atomic E-state index is 12.7. The molecule has 0 spiro atoms. The molecule has 0 bridgehead atoms. The van der Waals surface area contributed by atoms with E-state index in [9.17, 15) is 27.6 Å². The lowest BCUT2D eigenvalue weighted by atomic mass is 10.1. The zero-order chi connectivity index (χ0) is 32.1. The number of nitrogens with zero attached hydrogens (tertiary/aromatic N) is 2. The summed E-state index contributed by atoms with van der Waals surface area (Å²) in [5.41, 5.74) is 13.1. The molecule has 16 heteroatoms. The molecule has 1 atom stereocenters. The van der Waals surface area contributed by atoms with E-state index in [4.69, 9.17) is 27.8 Å². The minimum atomic E-state index is -4.83. The number of nitrogens with two attached hydrogens (primary N) is 2. The second kappa shape index (κ2) is 16.3. The predicted molar refractivity (Wildman–Crippen MR) is 157 cm³/mol. The number of anilines is 1. The Bertz CT molecular complexity index is 1510. The number of carbonyl (C=O) groups excluding carboxylic acids is 3. The number of hydrogen-bond acceptors (Lipinski definition) is 10. The molecule has 1 aromatic heterocycles. The smallest absolute Gasteiger partial charge is 0.449 e. The van der Waals surface area contributed by atoms with Gasteiger partial charge in [-0.2, -0.15) is 0 Å². The number of allylic oxidation sites excluding steroid dienone is 3. The molecule has 1 unspecified atom stereocenters. The first-order chi connectivity index (χ1) is 20.9. The summed E-state index contributed by atoms with van der Waals surface area (Å²) in [5, 5.41) is 14.4. The largest absolute Gasteiger partial charge is 0.573 e. The van der Waals surface area contributed by atoms with E-state index >= 15 is 0 Å². The lowest BCUT2D eigenvalue weighted by Gasteiger charge is -2.14. The van der Waals surface area contributed by atoms with Crippen LogP contribution in [-0.2, 0) is 32.0 Å². The van der Waals surface area contributed by atoms with Crippen molar-refractivity contribution in [2.45, 2.75) is 44.6 Å². The number of ether oxygens (including phenoxy) is 2. The molecule has 0 fully saturated rings. The van der Waals surface area contributed by atoms with Crippen molar-refractivity contribution >= 4 is 46.4 Å². The summed E-state index contributed by atoms with van der Waals surface area (Å²) in [4.78, 5) is 35.8. The molecule has 0 aliphatic rings. The van der Waals surface area contributed by atoms with E-state index in [2.05, 4.69) is 25.6 Å². The highest BCUT2D eigenvalue weighted by Gasteiger charge is 2.31. The lowest BCUT2D eigenvalue weighted by molar-refractivity contribution is -0.274. The third-order valence-corrected chi connectivity index (χ3v) is 6.78. The van der Waals surface area contributed by atoms with Crippen LogP contribution in [0.25, 0.3) is 0 Å². The van der Waals surface area contributed by atoms with Gasteiger partial charge in [0.1, 0.15) is 16.6 Å². The molecule has 0 saturated carbocycles. The van der Waals surface area contributed by atoms with E-state index in [1.807, 2.05) is 0 Å². The molecule has 1 heterocycles. The highest BCUT2D eigenvalue weighted by atomic mass is 35.5. The molecular formula is C28H28ClF3N6O5S. The zero-order valence-electron chi connectivity index (χ0n) is 23.0. The fourth-order valence-electron chi connectivity index (χ4n) is 3.76. The van der Waals surface area contributed by atoms with Crippen LogP contribution in [-0.4, -0.2) is 34.8 Å². The van der Waals surface area contributed by atoms with Crippen LogP contribution >= 0.6 is 22.9 Å². The fourth-order valence-corrected chi connectivity index (χ4v) is 4.75. The van der Waals surface area contributed by atoms with Gasteiger partial charge in [0.15, 0.2) is 0 Å². The van der Waals surface area contributed by atoms with Gasteiger partial charge in [-0.15, -0.1) is 23.4 Å². The molecule has 0 aliphatic heterocycles. The molecule has 2 aromatic carbocycles. The minimum Gasteiger partial charge on any atom is -0.449 e. The van der Waals surface area contributed by atoms with E-state index in [-0.39, 0.29) is 23.8 Å². The van der Waals surface area contributed by atoms with Gasteiger partial charge in [0.25, 0.3) is 12.4 Å². The zero-order valence-corrected chi connectivity index (χ0v) is 24.5. The predicted octanol–water partition coefficient (Wildman–Crippen LogP) is 4.66. The van der Waals surface area contributed by atoms with Gasteiger partial charge in [0, 0.05) is 22.7 Å². The number of amides is 2. The monoisotopic (exact) mass is 652 g/mol. The summed E-state index contributed by atoms with van der Waals surface area (Å²) < 4.78 is 46.0. The van der Waals surface area contributed by atoms with Crippen LogP contribution in [0, 0.1) is 0 Å². The normalized spacial score (nSPS) is 12.7. The highest BCUT2D eigenvalue weighted by molar-refractivity contribution is 7.15. The van der Waals surface area contributed by atoms with Gasteiger partial charge in [0.05, 0.1) is 6.42 Å². The molecule has 0 aliphatic carbocycles. The highest BCUT2D eigenvalue weighted by Crippen LogP contribution is 2.25. The van der Waals surface area contributed by atoms with E-state index < -0.39 is 30.0 Å². The summed E-state index contributed by atoms with van der Waals surface area (Å²) in [6.45, 7) is 0.182. The second-order valence-electron chi connectivity index (χ2n) is 9.15. The first kappa shape index (κ1) is 33.9. The van der Waals surface area contributed by atoms with Crippen molar-refractivity contribution < 1.29 is 37.0 Å². The number of hydrogen-bond donors (Lipinski definition) is 4. The van der Waals surface area contributed by atoms with Gasteiger partial charge in [-0.3, -0.25) is 19.7 Å². The van der Waals surface area contributed by atoms with E-state index in [0.29, 0.717) is 52.5 Å². The Morgan fingerprint density at radius 3 is 2.57 bits per heavy atom. The Morgan fingerprint density at radius 2 is 1.84 bits per heavy atom.